The molecule has 3 N–H and O–H groups in total. The quantitative estimate of drug-likeness (QED) is 0.650. The summed E-state index contributed by atoms with van der Waals surface area (Å²) < 4.78 is 0. The standard InChI is InChI=1S/C19H18Cl3N5O3/c20-13-3-1-11(9-14(13)21)18(29)26-7-8-27(17(26)16(28)24-6-5-23)19(30)12-2-4-15(22)25-10-12/h1-4,9-10,17H,5-8,23H2,(H,24,28). The fraction of sp³-hybridized carbons (Fsp3) is 0.263. The van der Waals surface area contributed by atoms with Crippen LogP contribution in [0.3, 0.4) is 0 Å². The summed E-state index contributed by atoms with van der Waals surface area (Å²) in [6.07, 6.45) is 0.171. The Labute approximate surface area is 187 Å². The molecule has 0 bridgehead atoms. The molecule has 11 heteroatoms. The van der Waals surface area contributed by atoms with Crippen molar-refractivity contribution in [1.29, 1.82) is 0 Å². The molecule has 3 rings (SSSR count). The van der Waals surface area contributed by atoms with Crippen molar-refractivity contribution in [2.24, 2.45) is 5.73 Å². The van der Waals surface area contributed by atoms with Gasteiger partial charge in [-0.25, -0.2) is 4.98 Å². The van der Waals surface area contributed by atoms with Crippen molar-refractivity contribution in [3.05, 3.63) is 62.9 Å². The number of nitrogens with one attached hydrogen (secondary N) is 1. The van der Waals surface area contributed by atoms with Crippen molar-refractivity contribution in [2.75, 3.05) is 26.2 Å². The highest BCUT2D eigenvalue weighted by Gasteiger charge is 2.43. The van der Waals surface area contributed by atoms with Gasteiger partial charge in [-0.1, -0.05) is 34.8 Å². The van der Waals surface area contributed by atoms with Crippen molar-refractivity contribution < 1.29 is 14.4 Å². The SMILES string of the molecule is NCCNC(=O)C1N(C(=O)c2ccc(Cl)nc2)CCN1C(=O)c1ccc(Cl)c(Cl)c1. The maximum absolute atomic E-state index is 13.1. The number of pyridine rings is 1. The lowest BCUT2D eigenvalue weighted by atomic mass is 10.2. The number of benzene rings is 1. The number of nitrogens with zero attached hydrogens (tertiary/aromatic N) is 3. The summed E-state index contributed by atoms with van der Waals surface area (Å²) in [6.45, 7) is 0.741. The zero-order valence-corrected chi connectivity index (χ0v) is 17.9. The van der Waals surface area contributed by atoms with Crippen molar-refractivity contribution in [3.8, 4) is 0 Å². The molecule has 0 aliphatic carbocycles. The molecule has 1 fully saturated rings. The number of amides is 3. The number of carbonyl (C=O) groups excluding carboxylic acids is 3. The lowest BCUT2D eigenvalue weighted by Crippen LogP contribution is -2.54. The summed E-state index contributed by atoms with van der Waals surface area (Å²) in [5.41, 5.74) is 5.97. The maximum Gasteiger partial charge on any atom is 0.263 e. The number of rotatable bonds is 5. The number of aromatic nitrogens is 1. The fourth-order valence-corrected chi connectivity index (χ4v) is 3.50. The minimum absolute atomic E-state index is 0.159. The van der Waals surface area contributed by atoms with Gasteiger partial charge in [-0.3, -0.25) is 14.4 Å². The Kier molecular flexibility index (Phi) is 7.14. The monoisotopic (exact) mass is 469 g/mol. The number of carbonyl (C=O) groups is 3. The van der Waals surface area contributed by atoms with Gasteiger partial charge in [0.15, 0.2) is 6.17 Å². The second-order valence-corrected chi connectivity index (χ2v) is 7.65. The van der Waals surface area contributed by atoms with Crippen LogP contribution in [0.5, 0.6) is 0 Å². The Hall–Kier alpha value is -2.39. The molecule has 8 nitrogen and oxygen atoms in total. The van der Waals surface area contributed by atoms with Crippen LogP contribution in [0.25, 0.3) is 0 Å². The van der Waals surface area contributed by atoms with E-state index in [2.05, 4.69) is 10.3 Å². The molecule has 158 valence electrons. The molecule has 1 aromatic carbocycles. The van der Waals surface area contributed by atoms with E-state index in [-0.39, 0.29) is 47.5 Å². The summed E-state index contributed by atoms with van der Waals surface area (Å²) in [5, 5.41) is 3.40. The van der Waals surface area contributed by atoms with E-state index in [9.17, 15) is 14.4 Å². The van der Waals surface area contributed by atoms with Crippen molar-refractivity contribution in [1.82, 2.24) is 20.1 Å². The lowest BCUT2D eigenvalue weighted by molar-refractivity contribution is -0.128. The van der Waals surface area contributed by atoms with E-state index >= 15 is 0 Å². The van der Waals surface area contributed by atoms with E-state index < -0.39 is 23.9 Å². The van der Waals surface area contributed by atoms with E-state index in [0.29, 0.717) is 5.02 Å². The maximum atomic E-state index is 13.1. The first-order chi connectivity index (χ1) is 14.3. The van der Waals surface area contributed by atoms with Crippen LogP contribution >= 0.6 is 34.8 Å². The van der Waals surface area contributed by atoms with Gasteiger partial charge < -0.3 is 20.9 Å². The van der Waals surface area contributed by atoms with Gasteiger partial charge in [-0.2, -0.15) is 0 Å². The normalized spacial score (nSPS) is 15.9. The molecular formula is C19H18Cl3N5O3. The first-order valence-electron chi connectivity index (χ1n) is 9.00. The van der Waals surface area contributed by atoms with Crippen molar-refractivity contribution in [3.63, 3.8) is 0 Å². The first kappa shape index (κ1) is 22.3. The Morgan fingerprint density at radius 3 is 2.20 bits per heavy atom. The summed E-state index contributed by atoms with van der Waals surface area (Å²) in [6, 6.07) is 7.43. The highest BCUT2D eigenvalue weighted by atomic mass is 35.5. The number of nitrogens with two attached hydrogens (primary N) is 1. The fourth-order valence-electron chi connectivity index (χ4n) is 3.09. The van der Waals surface area contributed by atoms with Crippen LogP contribution in [0.2, 0.25) is 15.2 Å². The molecule has 1 unspecified atom stereocenters. The largest absolute Gasteiger partial charge is 0.351 e. The van der Waals surface area contributed by atoms with Crippen LogP contribution in [-0.2, 0) is 4.79 Å². The summed E-state index contributed by atoms with van der Waals surface area (Å²) >= 11 is 17.7. The van der Waals surface area contributed by atoms with E-state index in [1.807, 2.05) is 0 Å². The van der Waals surface area contributed by atoms with Gasteiger partial charge in [0.1, 0.15) is 5.15 Å². The Balaban J connectivity index is 1.91. The minimum Gasteiger partial charge on any atom is -0.351 e. The van der Waals surface area contributed by atoms with Crippen LogP contribution in [0, 0.1) is 0 Å². The van der Waals surface area contributed by atoms with Crippen molar-refractivity contribution >= 4 is 52.5 Å². The summed E-state index contributed by atoms with van der Waals surface area (Å²) in [7, 11) is 0. The Morgan fingerprint density at radius 2 is 1.63 bits per heavy atom. The van der Waals surface area contributed by atoms with Crippen LogP contribution in [-0.4, -0.2) is 64.9 Å². The van der Waals surface area contributed by atoms with Gasteiger partial charge in [0.05, 0.1) is 15.6 Å². The third kappa shape index (κ3) is 4.67. The molecule has 0 radical (unpaired) electrons. The van der Waals surface area contributed by atoms with E-state index in [4.69, 9.17) is 40.5 Å². The van der Waals surface area contributed by atoms with Crippen LogP contribution in [0.15, 0.2) is 36.5 Å². The molecule has 0 saturated carbocycles. The third-order valence-electron chi connectivity index (χ3n) is 4.51. The molecular weight excluding hydrogens is 453 g/mol. The lowest BCUT2D eigenvalue weighted by Gasteiger charge is -2.29. The third-order valence-corrected chi connectivity index (χ3v) is 5.48. The molecule has 1 atom stereocenters. The minimum atomic E-state index is -1.15. The summed E-state index contributed by atoms with van der Waals surface area (Å²) in [5.74, 6) is -1.41. The van der Waals surface area contributed by atoms with Gasteiger partial charge in [0, 0.05) is 37.9 Å². The molecule has 1 aliphatic heterocycles. The number of hydrogen-bond acceptors (Lipinski definition) is 5. The van der Waals surface area contributed by atoms with E-state index in [1.165, 1.54) is 46.3 Å². The molecule has 3 amide bonds. The van der Waals surface area contributed by atoms with E-state index in [0.717, 1.165) is 0 Å². The molecule has 2 aromatic rings. The zero-order chi connectivity index (χ0) is 21.8. The predicted molar refractivity (Wildman–Crippen MR) is 114 cm³/mol. The molecule has 30 heavy (non-hydrogen) atoms. The van der Waals surface area contributed by atoms with Crippen molar-refractivity contribution in [2.45, 2.75) is 6.17 Å². The second kappa shape index (κ2) is 9.61. The Morgan fingerprint density at radius 1 is 1.00 bits per heavy atom. The average Bonchev–Trinajstić information content (AvgIpc) is 3.18. The highest BCUT2D eigenvalue weighted by Crippen LogP contribution is 2.26. The smallest absolute Gasteiger partial charge is 0.263 e. The van der Waals surface area contributed by atoms with Crippen LogP contribution < -0.4 is 11.1 Å². The van der Waals surface area contributed by atoms with Crippen LogP contribution in [0.4, 0.5) is 0 Å². The van der Waals surface area contributed by atoms with Gasteiger partial charge in [0.25, 0.3) is 17.7 Å². The van der Waals surface area contributed by atoms with Crippen LogP contribution in [0.1, 0.15) is 20.7 Å². The average molecular weight is 471 g/mol. The molecule has 1 aromatic heterocycles. The van der Waals surface area contributed by atoms with Gasteiger partial charge >= 0.3 is 0 Å². The predicted octanol–water partition coefficient (Wildman–Crippen LogP) is 2.04. The Bertz CT molecular complexity index is 970. The molecule has 1 aliphatic rings. The first-order valence-corrected chi connectivity index (χ1v) is 10.1. The number of halogens is 3. The zero-order valence-electron chi connectivity index (χ0n) is 15.6. The van der Waals surface area contributed by atoms with Gasteiger partial charge in [-0.05, 0) is 30.3 Å². The highest BCUT2D eigenvalue weighted by molar-refractivity contribution is 6.42. The summed E-state index contributed by atoms with van der Waals surface area (Å²) in [4.78, 5) is 45.5. The molecule has 0 spiro atoms. The molecule has 1 saturated heterocycles. The van der Waals surface area contributed by atoms with E-state index in [1.54, 1.807) is 0 Å². The topological polar surface area (TPSA) is 109 Å². The second-order valence-electron chi connectivity index (χ2n) is 6.45. The van der Waals surface area contributed by atoms with Gasteiger partial charge in [0.2, 0.25) is 0 Å². The molecule has 2 heterocycles. The van der Waals surface area contributed by atoms with Gasteiger partial charge in [-0.15, -0.1) is 0 Å². The number of hydrogen-bond donors (Lipinski definition) is 2.